The lowest BCUT2D eigenvalue weighted by Gasteiger charge is -2.42. The smallest absolute Gasteiger partial charge is 0.392 e. The van der Waals surface area contributed by atoms with Crippen molar-refractivity contribution in [3.63, 3.8) is 0 Å². The zero-order chi connectivity index (χ0) is 27.8. The summed E-state index contributed by atoms with van der Waals surface area (Å²) in [5.41, 5.74) is 0.0990. The zero-order valence-corrected chi connectivity index (χ0v) is 21.5. The second-order valence-corrected chi connectivity index (χ2v) is 10.9. The number of alkyl halides is 3. The van der Waals surface area contributed by atoms with E-state index < -0.39 is 34.9 Å². The van der Waals surface area contributed by atoms with E-state index in [9.17, 15) is 31.9 Å². The predicted molar refractivity (Wildman–Crippen MR) is 138 cm³/mol. The SMILES string of the molecule is O=C(/C=C/c1cc(F)cc(F)c1)N1CCC(C(O)CN2CCC3(CC2)CNc2cccc(C(F)(F)F)c23)CC1. The largest absolute Gasteiger partial charge is 0.416 e. The molecule has 3 aliphatic heterocycles. The Hall–Kier alpha value is -2.98. The molecule has 5 rings (SSSR count). The highest BCUT2D eigenvalue weighted by molar-refractivity contribution is 5.91. The molecule has 2 saturated heterocycles. The molecule has 2 aromatic carbocycles. The maximum absolute atomic E-state index is 13.7. The number of nitrogens with one attached hydrogen (secondary N) is 1. The van der Waals surface area contributed by atoms with Crippen LogP contribution in [0.1, 0.15) is 42.4 Å². The number of amides is 1. The number of hydrogen-bond donors (Lipinski definition) is 2. The van der Waals surface area contributed by atoms with Crippen molar-refractivity contribution in [1.82, 2.24) is 9.80 Å². The number of rotatable bonds is 5. The number of piperidine rings is 2. The van der Waals surface area contributed by atoms with Gasteiger partial charge in [-0.25, -0.2) is 8.78 Å². The van der Waals surface area contributed by atoms with Crippen LogP contribution in [0.25, 0.3) is 6.08 Å². The number of hydrogen-bond acceptors (Lipinski definition) is 4. The number of benzene rings is 2. The molecule has 5 nitrogen and oxygen atoms in total. The molecule has 1 amide bonds. The van der Waals surface area contributed by atoms with Gasteiger partial charge in [-0.3, -0.25) is 4.79 Å². The van der Waals surface area contributed by atoms with Crippen molar-refractivity contribution in [2.75, 3.05) is 44.6 Å². The van der Waals surface area contributed by atoms with E-state index in [-0.39, 0.29) is 17.4 Å². The number of anilines is 1. The first-order chi connectivity index (χ1) is 18.5. The fourth-order valence-corrected chi connectivity index (χ4v) is 6.31. The summed E-state index contributed by atoms with van der Waals surface area (Å²) in [6.45, 7) is 3.07. The van der Waals surface area contributed by atoms with Crippen LogP contribution in [-0.4, -0.2) is 66.2 Å². The summed E-state index contributed by atoms with van der Waals surface area (Å²) < 4.78 is 67.9. The van der Waals surface area contributed by atoms with Gasteiger partial charge in [0.2, 0.25) is 5.91 Å². The second kappa shape index (κ2) is 10.9. The van der Waals surface area contributed by atoms with E-state index in [0.29, 0.717) is 76.2 Å². The third-order valence-corrected chi connectivity index (χ3v) is 8.47. The van der Waals surface area contributed by atoms with Crippen LogP contribution >= 0.6 is 0 Å². The van der Waals surface area contributed by atoms with Crippen LogP contribution in [0.2, 0.25) is 0 Å². The maximum atomic E-state index is 13.7. The molecule has 0 bridgehead atoms. The Balaban J connectivity index is 1.12. The number of halogens is 5. The number of nitrogens with zero attached hydrogens (tertiary/aromatic N) is 2. The molecule has 1 atom stereocenters. The van der Waals surface area contributed by atoms with Crippen molar-refractivity contribution in [3.05, 3.63) is 70.8 Å². The van der Waals surface area contributed by atoms with Gasteiger partial charge in [-0.1, -0.05) is 6.07 Å². The molecule has 1 unspecified atom stereocenters. The highest BCUT2D eigenvalue weighted by atomic mass is 19.4. The molecule has 0 radical (unpaired) electrons. The summed E-state index contributed by atoms with van der Waals surface area (Å²) in [6.07, 6.45) is 0.105. The van der Waals surface area contributed by atoms with Crippen LogP contribution < -0.4 is 5.32 Å². The molecule has 39 heavy (non-hydrogen) atoms. The van der Waals surface area contributed by atoms with Crippen LogP contribution in [0.15, 0.2) is 42.5 Å². The summed E-state index contributed by atoms with van der Waals surface area (Å²) in [6, 6.07) is 7.39. The lowest BCUT2D eigenvalue weighted by molar-refractivity contribution is -0.138. The molecule has 2 fully saturated rings. The van der Waals surface area contributed by atoms with Gasteiger partial charge in [0.05, 0.1) is 11.7 Å². The first-order valence-electron chi connectivity index (χ1n) is 13.3. The summed E-state index contributed by atoms with van der Waals surface area (Å²) in [5.74, 6) is -1.66. The van der Waals surface area contributed by atoms with Crippen molar-refractivity contribution >= 4 is 17.7 Å². The van der Waals surface area contributed by atoms with Gasteiger partial charge in [0.1, 0.15) is 11.6 Å². The van der Waals surface area contributed by atoms with Gasteiger partial charge >= 0.3 is 6.18 Å². The first-order valence-corrected chi connectivity index (χ1v) is 13.3. The van der Waals surface area contributed by atoms with E-state index >= 15 is 0 Å². The number of carbonyl (C=O) groups is 1. The monoisotopic (exact) mass is 549 g/mol. The molecule has 210 valence electrons. The minimum absolute atomic E-state index is 0.0111. The van der Waals surface area contributed by atoms with Crippen LogP contribution in [-0.2, 0) is 16.4 Å². The van der Waals surface area contributed by atoms with Gasteiger partial charge in [0, 0.05) is 49.4 Å². The molecular weight excluding hydrogens is 517 g/mol. The molecule has 3 aliphatic rings. The standard InChI is InChI=1S/C29H32F5N3O2/c30-21-14-19(15-22(31)16-21)4-5-26(39)37-10-6-20(7-11-37)25(38)17-36-12-8-28(9-13-36)18-35-24-3-1-2-23(27(24)28)29(32,33)34/h1-5,14-16,20,25,35,38H,6-13,17-18H2/b5-4+. The molecule has 0 aliphatic carbocycles. The fourth-order valence-electron chi connectivity index (χ4n) is 6.31. The third kappa shape index (κ3) is 5.96. The Labute approximate surface area is 224 Å². The van der Waals surface area contributed by atoms with Crippen LogP contribution in [0, 0.1) is 17.6 Å². The van der Waals surface area contributed by atoms with Crippen LogP contribution in [0.5, 0.6) is 0 Å². The Morgan fingerprint density at radius 3 is 2.38 bits per heavy atom. The number of β-amino-alcohol motifs (C(OH)–C–C–N with tert-alkyl or cyclic N) is 1. The summed E-state index contributed by atoms with van der Waals surface area (Å²) in [5, 5.41) is 14.1. The number of aliphatic hydroxyl groups excluding tert-OH is 1. The third-order valence-electron chi connectivity index (χ3n) is 8.47. The Bertz CT molecular complexity index is 1210. The lowest BCUT2D eigenvalue weighted by Crippen LogP contribution is -2.49. The minimum Gasteiger partial charge on any atom is -0.392 e. The highest BCUT2D eigenvalue weighted by Gasteiger charge is 2.47. The average Bonchev–Trinajstić information content (AvgIpc) is 3.26. The summed E-state index contributed by atoms with van der Waals surface area (Å²) in [4.78, 5) is 16.3. The Kier molecular flexibility index (Phi) is 7.70. The minimum atomic E-state index is -4.40. The molecule has 10 heteroatoms. The van der Waals surface area contributed by atoms with E-state index in [4.69, 9.17) is 0 Å². The van der Waals surface area contributed by atoms with E-state index in [1.54, 1.807) is 11.0 Å². The van der Waals surface area contributed by atoms with Crippen molar-refractivity contribution in [2.24, 2.45) is 5.92 Å². The molecule has 2 N–H and O–H groups in total. The topological polar surface area (TPSA) is 55.8 Å². The molecule has 2 aromatic rings. The van der Waals surface area contributed by atoms with E-state index in [1.165, 1.54) is 18.2 Å². The number of fused-ring (bicyclic) bond motifs is 2. The van der Waals surface area contributed by atoms with Gasteiger partial charge in [0.15, 0.2) is 0 Å². The van der Waals surface area contributed by atoms with Gasteiger partial charge < -0.3 is 20.2 Å². The van der Waals surface area contributed by atoms with Crippen molar-refractivity contribution in [1.29, 1.82) is 0 Å². The zero-order valence-electron chi connectivity index (χ0n) is 21.5. The number of carbonyl (C=O) groups excluding carboxylic acids is 1. The predicted octanol–water partition coefficient (Wildman–Crippen LogP) is 5.06. The van der Waals surface area contributed by atoms with E-state index in [1.807, 2.05) is 0 Å². The quantitative estimate of drug-likeness (QED) is 0.405. The molecule has 1 spiro atoms. The first kappa shape index (κ1) is 27.6. The number of aliphatic hydroxyl groups is 1. The van der Waals surface area contributed by atoms with E-state index in [0.717, 1.165) is 24.3 Å². The van der Waals surface area contributed by atoms with Gasteiger partial charge in [-0.15, -0.1) is 0 Å². The second-order valence-electron chi connectivity index (χ2n) is 10.9. The van der Waals surface area contributed by atoms with Gasteiger partial charge in [-0.05, 0) is 86.2 Å². The Morgan fingerprint density at radius 1 is 1.08 bits per heavy atom. The van der Waals surface area contributed by atoms with E-state index in [2.05, 4.69) is 10.2 Å². The molecule has 3 heterocycles. The number of likely N-dealkylation sites (tertiary alicyclic amines) is 2. The highest BCUT2D eigenvalue weighted by Crippen LogP contribution is 2.49. The normalized spacial score (nSPS) is 20.8. The van der Waals surface area contributed by atoms with Crippen molar-refractivity contribution in [3.8, 4) is 0 Å². The summed E-state index contributed by atoms with van der Waals surface area (Å²) in [7, 11) is 0. The van der Waals surface area contributed by atoms with Crippen molar-refractivity contribution in [2.45, 2.75) is 43.4 Å². The average molecular weight is 550 g/mol. The van der Waals surface area contributed by atoms with Crippen LogP contribution in [0.4, 0.5) is 27.6 Å². The molecular formula is C29H32F5N3O2. The summed E-state index contributed by atoms with van der Waals surface area (Å²) >= 11 is 0. The Morgan fingerprint density at radius 2 is 1.74 bits per heavy atom. The molecule has 0 saturated carbocycles. The van der Waals surface area contributed by atoms with Crippen molar-refractivity contribution < 1.29 is 31.9 Å². The fraction of sp³-hybridized carbons (Fsp3) is 0.483. The lowest BCUT2D eigenvalue weighted by atomic mass is 9.72. The van der Waals surface area contributed by atoms with Crippen LogP contribution in [0.3, 0.4) is 0 Å². The van der Waals surface area contributed by atoms with Gasteiger partial charge in [0.25, 0.3) is 0 Å². The maximum Gasteiger partial charge on any atom is 0.416 e. The molecule has 0 aromatic heterocycles. The van der Waals surface area contributed by atoms with Gasteiger partial charge in [-0.2, -0.15) is 13.2 Å².